The first-order valence-corrected chi connectivity index (χ1v) is 8.55. The number of nitrogens with zero attached hydrogens (tertiary/aromatic N) is 3. The topological polar surface area (TPSA) is 58.1 Å². The van der Waals surface area contributed by atoms with Crippen molar-refractivity contribution in [3.63, 3.8) is 0 Å². The maximum absolute atomic E-state index is 12.3. The molecule has 1 amide bonds. The lowest BCUT2D eigenvalue weighted by Crippen LogP contribution is -2.56. The minimum absolute atomic E-state index is 0.122. The number of carbonyl (C=O) groups excluding carboxylic acids is 1. The molecule has 1 saturated carbocycles. The number of hydrogen-bond acceptors (Lipinski definition) is 4. The van der Waals surface area contributed by atoms with Crippen molar-refractivity contribution in [2.75, 3.05) is 18.0 Å². The van der Waals surface area contributed by atoms with Crippen LogP contribution in [0.5, 0.6) is 0 Å². The number of aromatic nitrogens is 2. The van der Waals surface area contributed by atoms with Gasteiger partial charge in [-0.3, -0.25) is 4.79 Å². The van der Waals surface area contributed by atoms with Crippen LogP contribution < -0.4 is 10.2 Å². The van der Waals surface area contributed by atoms with Gasteiger partial charge in [-0.25, -0.2) is 9.97 Å². The lowest BCUT2D eigenvalue weighted by atomic mass is 9.84. The molecular weight excluding hydrogens is 332 g/mol. The van der Waals surface area contributed by atoms with Gasteiger partial charge in [0.25, 0.3) is 0 Å². The second-order valence-electron chi connectivity index (χ2n) is 5.94. The number of rotatable bonds is 3. The number of carbonyl (C=O) groups is 1. The Bertz CT molecular complexity index is 487. The van der Waals surface area contributed by atoms with Crippen LogP contribution in [0, 0.1) is 5.92 Å². The largest absolute Gasteiger partial charge is 0.353 e. The Morgan fingerprint density at radius 1 is 1.24 bits per heavy atom. The zero-order valence-corrected chi connectivity index (χ0v) is 13.7. The Labute approximate surface area is 133 Å². The molecule has 21 heavy (non-hydrogen) atoms. The predicted molar refractivity (Wildman–Crippen MR) is 85.1 cm³/mol. The molecule has 0 spiro atoms. The summed E-state index contributed by atoms with van der Waals surface area (Å²) in [6.07, 6.45) is 10.8. The quantitative estimate of drug-likeness (QED) is 0.907. The summed E-state index contributed by atoms with van der Waals surface area (Å²) < 4.78 is 0.858. The van der Waals surface area contributed by atoms with Crippen LogP contribution in [-0.4, -0.2) is 35.0 Å². The van der Waals surface area contributed by atoms with E-state index in [0.29, 0.717) is 18.4 Å². The van der Waals surface area contributed by atoms with Crippen LogP contribution in [0.25, 0.3) is 0 Å². The highest BCUT2D eigenvalue weighted by molar-refractivity contribution is 9.10. The van der Waals surface area contributed by atoms with Gasteiger partial charge in [-0.1, -0.05) is 32.1 Å². The van der Waals surface area contributed by atoms with Gasteiger partial charge >= 0.3 is 0 Å². The normalized spacial score (nSPS) is 24.0. The third-order valence-corrected chi connectivity index (χ3v) is 4.89. The lowest BCUT2D eigenvalue weighted by Gasteiger charge is -2.37. The summed E-state index contributed by atoms with van der Waals surface area (Å²) in [4.78, 5) is 23.1. The fourth-order valence-electron chi connectivity index (χ4n) is 3.38. The molecule has 0 radical (unpaired) electrons. The number of anilines is 1. The molecule has 1 saturated heterocycles. The summed E-state index contributed by atoms with van der Waals surface area (Å²) in [5, 5.41) is 2.99. The van der Waals surface area contributed by atoms with E-state index >= 15 is 0 Å². The predicted octanol–water partition coefficient (Wildman–Crippen LogP) is 2.51. The highest BCUT2D eigenvalue weighted by atomic mass is 79.9. The van der Waals surface area contributed by atoms with Crippen molar-refractivity contribution in [2.24, 2.45) is 5.92 Å². The molecule has 5 nitrogen and oxygen atoms in total. The molecule has 1 aromatic rings. The van der Waals surface area contributed by atoms with Crippen LogP contribution in [0.1, 0.15) is 38.5 Å². The van der Waals surface area contributed by atoms with Crippen LogP contribution in [-0.2, 0) is 4.79 Å². The Morgan fingerprint density at radius 3 is 2.67 bits per heavy atom. The molecule has 2 aliphatic rings. The van der Waals surface area contributed by atoms with Gasteiger partial charge in [-0.05, 0) is 28.3 Å². The third kappa shape index (κ3) is 3.54. The van der Waals surface area contributed by atoms with E-state index in [1.165, 1.54) is 32.1 Å². The molecule has 1 aromatic heterocycles. The van der Waals surface area contributed by atoms with E-state index in [2.05, 4.69) is 36.1 Å². The van der Waals surface area contributed by atoms with Crippen LogP contribution in [0.2, 0.25) is 0 Å². The standard InChI is InChI=1S/C15H21BrN4O/c16-12-9-18-15(19-10-12)20-7-6-17-14(21)13(20)8-11-4-2-1-3-5-11/h9-11,13H,1-8H2,(H,17,21). The van der Waals surface area contributed by atoms with Gasteiger partial charge < -0.3 is 10.2 Å². The molecule has 2 fully saturated rings. The van der Waals surface area contributed by atoms with Gasteiger partial charge in [-0.15, -0.1) is 0 Å². The summed E-state index contributed by atoms with van der Waals surface area (Å²) in [7, 11) is 0. The van der Waals surface area contributed by atoms with Gasteiger partial charge in [0.15, 0.2) is 0 Å². The fraction of sp³-hybridized carbons (Fsp3) is 0.667. The van der Waals surface area contributed by atoms with E-state index in [1.54, 1.807) is 12.4 Å². The highest BCUT2D eigenvalue weighted by Crippen LogP contribution is 2.30. The van der Waals surface area contributed by atoms with E-state index in [0.717, 1.165) is 17.4 Å². The van der Waals surface area contributed by atoms with Crippen molar-refractivity contribution in [3.8, 4) is 0 Å². The zero-order valence-electron chi connectivity index (χ0n) is 12.1. The van der Waals surface area contributed by atoms with Gasteiger partial charge in [0.1, 0.15) is 6.04 Å². The smallest absolute Gasteiger partial charge is 0.242 e. The minimum atomic E-state index is -0.122. The van der Waals surface area contributed by atoms with E-state index in [4.69, 9.17) is 0 Å². The number of piperazine rings is 1. The average molecular weight is 353 g/mol. The number of amides is 1. The Hall–Kier alpha value is -1.17. The molecule has 2 heterocycles. The lowest BCUT2D eigenvalue weighted by molar-refractivity contribution is -0.123. The monoisotopic (exact) mass is 352 g/mol. The summed E-state index contributed by atoms with van der Waals surface area (Å²) >= 11 is 3.35. The van der Waals surface area contributed by atoms with Gasteiger partial charge in [0, 0.05) is 25.5 Å². The van der Waals surface area contributed by atoms with Crippen molar-refractivity contribution < 1.29 is 4.79 Å². The van der Waals surface area contributed by atoms with Crippen LogP contribution in [0.15, 0.2) is 16.9 Å². The molecule has 3 rings (SSSR count). The van der Waals surface area contributed by atoms with Crippen LogP contribution in [0.3, 0.4) is 0 Å². The second-order valence-corrected chi connectivity index (χ2v) is 6.86. The first kappa shape index (κ1) is 14.8. The van der Waals surface area contributed by atoms with Crippen LogP contribution >= 0.6 is 15.9 Å². The van der Waals surface area contributed by atoms with E-state index in [1.807, 2.05) is 0 Å². The first-order valence-electron chi connectivity index (χ1n) is 7.76. The molecular formula is C15H21BrN4O. The zero-order chi connectivity index (χ0) is 14.7. The van der Waals surface area contributed by atoms with Crippen molar-refractivity contribution in [1.82, 2.24) is 15.3 Å². The van der Waals surface area contributed by atoms with Gasteiger partial charge in [0.2, 0.25) is 11.9 Å². The number of nitrogens with one attached hydrogen (secondary N) is 1. The maximum atomic E-state index is 12.3. The SMILES string of the molecule is O=C1NCCN(c2ncc(Br)cn2)C1CC1CCCCC1. The second kappa shape index (κ2) is 6.73. The summed E-state index contributed by atoms with van der Waals surface area (Å²) in [6.45, 7) is 1.45. The minimum Gasteiger partial charge on any atom is -0.353 e. The molecule has 1 aliphatic heterocycles. The van der Waals surface area contributed by atoms with E-state index < -0.39 is 0 Å². The van der Waals surface area contributed by atoms with E-state index in [9.17, 15) is 4.79 Å². The van der Waals surface area contributed by atoms with Crippen LogP contribution in [0.4, 0.5) is 5.95 Å². The maximum Gasteiger partial charge on any atom is 0.242 e. The molecule has 114 valence electrons. The first-order chi connectivity index (χ1) is 10.2. The molecule has 6 heteroatoms. The van der Waals surface area contributed by atoms with Gasteiger partial charge in [-0.2, -0.15) is 0 Å². The molecule has 1 aliphatic carbocycles. The Balaban J connectivity index is 1.75. The van der Waals surface area contributed by atoms with Crippen molar-refractivity contribution in [3.05, 3.63) is 16.9 Å². The summed E-state index contributed by atoms with van der Waals surface area (Å²) in [5.74, 6) is 1.44. The van der Waals surface area contributed by atoms with E-state index in [-0.39, 0.29) is 11.9 Å². The number of hydrogen-bond donors (Lipinski definition) is 1. The van der Waals surface area contributed by atoms with Crippen molar-refractivity contribution in [1.29, 1.82) is 0 Å². The van der Waals surface area contributed by atoms with Gasteiger partial charge in [0.05, 0.1) is 4.47 Å². The van der Waals surface area contributed by atoms with Crippen molar-refractivity contribution in [2.45, 2.75) is 44.6 Å². The molecule has 0 aromatic carbocycles. The molecule has 1 atom stereocenters. The fourth-order valence-corrected chi connectivity index (χ4v) is 3.59. The summed E-state index contributed by atoms with van der Waals surface area (Å²) in [5.41, 5.74) is 0. The molecule has 1 N–H and O–H groups in total. The van der Waals surface area contributed by atoms with Crippen molar-refractivity contribution >= 4 is 27.8 Å². The average Bonchev–Trinajstić information content (AvgIpc) is 2.51. The summed E-state index contributed by atoms with van der Waals surface area (Å²) in [6, 6.07) is -0.122. The Kier molecular flexibility index (Phi) is 4.73. The Morgan fingerprint density at radius 2 is 1.95 bits per heavy atom. The molecule has 0 bridgehead atoms. The third-order valence-electron chi connectivity index (χ3n) is 4.48. The molecule has 1 unspecified atom stereocenters. The number of halogens is 1. The highest BCUT2D eigenvalue weighted by Gasteiger charge is 2.33.